The fraction of sp³-hybridized carbons (Fsp3) is 0.478. The zero-order valence-electron chi connectivity index (χ0n) is 17.6. The van der Waals surface area contributed by atoms with Crippen LogP contribution in [0.4, 0.5) is 0 Å². The van der Waals surface area contributed by atoms with Crippen LogP contribution in [0.15, 0.2) is 36.4 Å². The number of hydrogen-bond donors (Lipinski definition) is 3. The molecule has 0 aliphatic carbocycles. The lowest BCUT2D eigenvalue weighted by molar-refractivity contribution is -0.130. The van der Waals surface area contributed by atoms with E-state index in [0.717, 1.165) is 12.0 Å². The largest absolute Gasteiger partial charge is 0.356 e. The Balaban J connectivity index is 1.97. The highest BCUT2D eigenvalue weighted by Gasteiger charge is 2.28. The molecule has 1 aromatic rings. The second-order valence-electron chi connectivity index (χ2n) is 8.05. The van der Waals surface area contributed by atoms with E-state index in [-0.39, 0.29) is 30.1 Å². The number of aldehydes is 1. The molecule has 30 heavy (non-hydrogen) atoms. The first-order chi connectivity index (χ1) is 14.4. The number of benzene rings is 1. The summed E-state index contributed by atoms with van der Waals surface area (Å²) in [6.45, 7) is 4.55. The Kier molecular flexibility index (Phi) is 9.25. The molecule has 7 heteroatoms. The van der Waals surface area contributed by atoms with Crippen molar-refractivity contribution < 1.29 is 19.2 Å². The highest BCUT2D eigenvalue weighted by Crippen LogP contribution is 2.17. The Bertz CT molecular complexity index is 761. The van der Waals surface area contributed by atoms with Gasteiger partial charge in [-0.2, -0.15) is 0 Å². The van der Waals surface area contributed by atoms with Gasteiger partial charge in [-0.25, -0.2) is 0 Å². The molecule has 0 radical (unpaired) electrons. The van der Waals surface area contributed by atoms with Gasteiger partial charge in [-0.1, -0.05) is 44.2 Å². The Morgan fingerprint density at radius 1 is 1.20 bits per heavy atom. The lowest BCUT2D eigenvalue weighted by Gasteiger charge is -2.26. The van der Waals surface area contributed by atoms with Gasteiger partial charge in [0.2, 0.25) is 17.7 Å². The van der Waals surface area contributed by atoms with E-state index < -0.39 is 18.0 Å². The van der Waals surface area contributed by atoms with E-state index in [1.807, 2.05) is 44.2 Å². The normalized spacial score (nSPS) is 18.5. The van der Waals surface area contributed by atoms with E-state index in [1.54, 1.807) is 6.08 Å². The van der Waals surface area contributed by atoms with Crippen molar-refractivity contribution in [1.82, 2.24) is 16.0 Å². The van der Waals surface area contributed by atoms with Crippen LogP contribution < -0.4 is 16.0 Å². The molecule has 0 bridgehead atoms. The Hall–Kier alpha value is -2.96. The minimum absolute atomic E-state index is 0.0829. The minimum Gasteiger partial charge on any atom is -0.356 e. The highest BCUT2D eigenvalue weighted by atomic mass is 16.2. The van der Waals surface area contributed by atoms with Gasteiger partial charge in [0.05, 0.1) is 6.04 Å². The maximum atomic E-state index is 12.8. The van der Waals surface area contributed by atoms with Gasteiger partial charge in [0, 0.05) is 18.5 Å². The van der Waals surface area contributed by atoms with Crippen molar-refractivity contribution >= 4 is 30.1 Å². The molecule has 0 saturated carbocycles. The van der Waals surface area contributed by atoms with Crippen molar-refractivity contribution in [2.45, 2.75) is 51.6 Å². The molecule has 3 amide bonds. The summed E-state index contributed by atoms with van der Waals surface area (Å²) in [5.41, 5.74) is 0.879. The fourth-order valence-corrected chi connectivity index (χ4v) is 3.46. The molecule has 1 fully saturated rings. The van der Waals surface area contributed by atoms with Crippen LogP contribution in [0.2, 0.25) is 0 Å². The third-order valence-corrected chi connectivity index (χ3v) is 5.00. The zero-order valence-corrected chi connectivity index (χ0v) is 17.6. The van der Waals surface area contributed by atoms with Crippen LogP contribution in [0.5, 0.6) is 0 Å². The van der Waals surface area contributed by atoms with Crippen molar-refractivity contribution in [1.29, 1.82) is 0 Å². The summed E-state index contributed by atoms with van der Waals surface area (Å²) in [7, 11) is 0. The number of carbonyl (C=O) groups is 4. The van der Waals surface area contributed by atoms with E-state index in [0.29, 0.717) is 25.7 Å². The first kappa shape index (κ1) is 23.3. The Labute approximate surface area is 177 Å². The molecule has 1 aromatic carbocycles. The molecule has 7 nitrogen and oxygen atoms in total. The summed E-state index contributed by atoms with van der Waals surface area (Å²) >= 11 is 0. The number of hydrogen-bond acceptors (Lipinski definition) is 4. The first-order valence-corrected chi connectivity index (χ1v) is 10.5. The lowest BCUT2D eigenvalue weighted by Crippen LogP contribution is -2.51. The second kappa shape index (κ2) is 11.9. The average Bonchev–Trinajstić information content (AvgIpc) is 2.73. The van der Waals surface area contributed by atoms with Crippen LogP contribution in [0.3, 0.4) is 0 Å². The van der Waals surface area contributed by atoms with Crippen LogP contribution in [-0.2, 0) is 19.2 Å². The van der Waals surface area contributed by atoms with Gasteiger partial charge in [0.15, 0.2) is 0 Å². The van der Waals surface area contributed by atoms with Crippen molar-refractivity contribution in [3.63, 3.8) is 0 Å². The van der Waals surface area contributed by atoms with Gasteiger partial charge in [-0.3, -0.25) is 14.4 Å². The van der Waals surface area contributed by atoms with Gasteiger partial charge >= 0.3 is 0 Å². The SMILES string of the molecule is CC(C)C[C@H](NC(=O)/C=C/c1ccccc1)C(=O)N[C@H](C=O)C[C@@H]1CCCNC1=O. The van der Waals surface area contributed by atoms with E-state index in [2.05, 4.69) is 16.0 Å². The van der Waals surface area contributed by atoms with E-state index in [4.69, 9.17) is 0 Å². The summed E-state index contributed by atoms with van der Waals surface area (Å²) in [5.74, 6) is -1.01. The molecule has 1 aliphatic heterocycles. The Morgan fingerprint density at radius 2 is 1.93 bits per heavy atom. The standard InChI is InChI=1S/C23H31N3O4/c1-16(2)13-20(26-21(28)11-10-17-7-4-3-5-8-17)23(30)25-19(15-27)14-18-9-6-12-24-22(18)29/h3-5,7-8,10-11,15-16,18-20H,6,9,12-14H2,1-2H3,(H,24,29)(H,25,30)(H,26,28)/b11-10+/t18-,19-,20-/m0/s1. The molecule has 0 spiro atoms. The summed E-state index contributed by atoms with van der Waals surface area (Å²) in [6.07, 6.45) is 5.97. The van der Waals surface area contributed by atoms with E-state index in [1.165, 1.54) is 6.08 Å². The van der Waals surface area contributed by atoms with Crippen molar-refractivity contribution in [3.8, 4) is 0 Å². The Morgan fingerprint density at radius 3 is 2.57 bits per heavy atom. The monoisotopic (exact) mass is 413 g/mol. The van der Waals surface area contributed by atoms with Crippen LogP contribution in [0.25, 0.3) is 6.08 Å². The minimum atomic E-state index is -0.766. The number of carbonyl (C=O) groups excluding carboxylic acids is 4. The van der Waals surface area contributed by atoms with Crippen molar-refractivity contribution in [2.24, 2.45) is 11.8 Å². The summed E-state index contributed by atoms with van der Waals surface area (Å²) < 4.78 is 0. The van der Waals surface area contributed by atoms with Gasteiger partial charge in [0.1, 0.15) is 12.3 Å². The molecule has 0 unspecified atom stereocenters. The molecular formula is C23H31N3O4. The number of rotatable bonds is 10. The molecule has 3 N–H and O–H groups in total. The first-order valence-electron chi connectivity index (χ1n) is 10.5. The molecule has 0 aromatic heterocycles. The predicted molar refractivity (Wildman–Crippen MR) is 115 cm³/mol. The number of nitrogens with one attached hydrogen (secondary N) is 3. The molecule has 1 aliphatic rings. The summed E-state index contributed by atoms with van der Waals surface area (Å²) in [4.78, 5) is 48.5. The molecule has 3 atom stereocenters. The van der Waals surface area contributed by atoms with E-state index >= 15 is 0 Å². The molecule has 2 rings (SSSR count). The van der Waals surface area contributed by atoms with Crippen LogP contribution in [-0.4, -0.2) is 42.6 Å². The quantitative estimate of drug-likeness (QED) is 0.402. The maximum absolute atomic E-state index is 12.8. The van der Waals surface area contributed by atoms with Gasteiger partial charge in [-0.15, -0.1) is 0 Å². The molecule has 162 valence electrons. The second-order valence-corrected chi connectivity index (χ2v) is 8.05. The third kappa shape index (κ3) is 7.81. The predicted octanol–water partition coefficient (Wildman–Crippen LogP) is 1.83. The van der Waals surface area contributed by atoms with Gasteiger partial charge in [0.25, 0.3) is 0 Å². The number of piperidine rings is 1. The van der Waals surface area contributed by atoms with Crippen molar-refractivity contribution in [2.75, 3.05) is 6.54 Å². The highest BCUT2D eigenvalue weighted by molar-refractivity contribution is 5.96. The summed E-state index contributed by atoms with van der Waals surface area (Å²) in [5, 5.41) is 8.21. The molecular weight excluding hydrogens is 382 g/mol. The third-order valence-electron chi connectivity index (χ3n) is 5.00. The molecule has 1 saturated heterocycles. The number of amides is 3. The molecule has 1 heterocycles. The smallest absolute Gasteiger partial charge is 0.244 e. The van der Waals surface area contributed by atoms with Crippen LogP contribution in [0, 0.1) is 11.8 Å². The van der Waals surface area contributed by atoms with Gasteiger partial charge < -0.3 is 20.7 Å². The average molecular weight is 414 g/mol. The van der Waals surface area contributed by atoms with Gasteiger partial charge in [-0.05, 0) is 43.2 Å². The fourth-order valence-electron chi connectivity index (χ4n) is 3.46. The van der Waals surface area contributed by atoms with Crippen LogP contribution in [0.1, 0.15) is 45.1 Å². The van der Waals surface area contributed by atoms with Crippen LogP contribution >= 0.6 is 0 Å². The summed E-state index contributed by atoms with van der Waals surface area (Å²) in [6, 6.07) is 7.85. The van der Waals surface area contributed by atoms with E-state index in [9.17, 15) is 19.2 Å². The topological polar surface area (TPSA) is 104 Å². The maximum Gasteiger partial charge on any atom is 0.244 e. The van der Waals surface area contributed by atoms with Crippen molar-refractivity contribution in [3.05, 3.63) is 42.0 Å². The zero-order chi connectivity index (χ0) is 21.9. The lowest BCUT2D eigenvalue weighted by atomic mass is 9.91.